The van der Waals surface area contributed by atoms with Gasteiger partial charge in [0.2, 0.25) is 0 Å². The number of allylic oxidation sites excluding steroid dienone is 4. The number of rotatable bonds is 6. The number of nitrogens with zero attached hydrogens (tertiary/aromatic N) is 4. The fourth-order valence-corrected chi connectivity index (χ4v) is 7.86. The Labute approximate surface area is 346 Å². The molecule has 0 aromatic heterocycles. The highest BCUT2D eigenvalue weighted by atomic mass is 15.2. The van der Waals surface area contributed by atoms with Crippen LogP contribution in [0.15, 0.2) is 145 Å². The van der Waals surface area contributed by atoms with Crippen molar-refractivity contribution in [2.75, 3.05) is 9.80 Å². The van der Waals surface area contributed by atoms with Crippen molar-refractivity contribution in [1.82, 2.24) is 0 Å². The first-order valence-electron chi connectivity index (χ1n) is 20.8. The largest absolute Gasteiger partial charge is 0.314 e. The van der Waals surface area contributed by atoms with Gasteiger partial charge in [-0.3, -0.25) is 0 Å². The third-order valence-corrected chi connectivity index (χ3v) is 10.9. The first-order valence-corrected chi connectivity index (χ1v) is 20.8. The summed E-state index contributed by atoms with van der Waals surface area (Å²) in [7, 11) is 0. The maximum Gasteiger partial charge on any atom is 0.0991 e. The smallest absolute Gasteiger partial charge is 0.0991 e. The molecule has 0 saturated heterocycles. The predicted molar refractivity (Wildman–Crippen MR) is 249 cm³/mol. The van der Waals surface area contributed by atoms with Crippen molar-refractivity contribution in [2.45, 2.75) is 92.9 Å². The van der Waals surface area contributed by atoms with Gasteiger partial charge in [0.15, 0.2) is 0 Å². The summed E-state index contributed by atoms with van der Waals surface area (Å²) in [6.07, 6.45) is 5.59. The van der Waals surface area contributed by atoms with Crippen molar-refractivity contribution < 1.29 is 0 Å². The molecule has 0 unspecified atom stereocenters. The van der Waals surface area contributed by atoms with E-state index in [-0.39, 0.29) is 10.8 Å². The molecule has 0 atom stereocenters. The van der Waals surface area contributed by atoms with Gasteiger partial charge in [-0.15, -0.1) is 0 Å². The van der Waals surface area contributed by atoms with E-state index in [9.17, 15) is 10.5 Å². The van der Waals surface area contributed by atoms with Crippen LogP contribution in [-0.2, 0) is 10.8 Å². The molecular weight excluding hydrogens is 705 g/mol. The molecule has 292 valence electrons. The molecule has 58 heavy (non-hydrogen) atoms. The number of nitriles is 2. The molecule has 0 aliphatic heterocycles. The fourth-order valence-electron chi connectivity index (χ4n) is 7.86. The van der Waals surface area contributed by atoms with Gasteiger partial charge in [0.05, 0.1) is 29.1 Å². The number of benzene rings is 7. The standard InChI is InChI=1S/C50H44N4.2C2H6/c1-49(2,3)37-15-23-41(24-16-37)53(39-19-7-33(31-51)8-20-39)45-29-13-35-12-28-44-46(30-14-36-11-27-43(45)47(35)48(36)44)54(40-21-9-34(32-52)10-22-40)42-25-17-38(18-26-42)50(4,5)6;2*1-2/h7-9,11-21,23-30H,10,22H2,1-6H3;2*1-2H3. The quantitative estimate of drug-likeness (QED) is 0.158. The van der Waals surface area contributed by atoms with Gasteiger partial charge in [-0.2, -0.15) is 10.5 Å². The summed E-state index contributed by atoms with van der Waals surface area (Å²) in [4.78, 5) is 4.71. The van der Waals surface area contributed by atoms with Gasteiger partial charge in [0, 0.05) is 39.1 Å². The van der Waals surface area contributed by atoms with Crippen molar-refractivity contribution in [3.63, 3.8) is 0 Å². The number of anilines is 5. The lowest BCUT2D eigenvalue weighted by molar-refractivity contribution is 0.590. The Morgan fingerprint density at radius 3 is 1.26 bits per heavy atom. The second-order valence-electron chi connectivity index (χ2n) is 16.5. The minimum atomic E-state index is 0.0347. The van der Waals surface area contributed by atoms with Crippen LogP contribution in [0.2, 0.25) is 0 Å². The van der Waals surface area contributed by atoms with Crippen LogP contribution in [0, 0.1) is 22.7 Å². The summed E-state index contributed by atoms with van der Waals surface area (Å²) >= 11 is 0. The van der Waals surface area contributed by atoms with Gasteiger partial charge in [-0.25, -0.2) is 0 Å². The molecule has 1 aliphatic rings. The van der Waals surface area contributed by atoms with Gasteiger partial charge in [-0.1, -0.05) is 130 Å². The monoisotopic (exact) mass is 760 g/mol. The van der Waals surface area contributed by atoms with Crippen molar-refractivity contribution in [1.29, 1.82) is 10.5 Å². The van der Waals surface area contributed by atoms with E-state index in [0.29, 0.717) is 5.56 Å². The van der Waals surface area contributed by atoms with Crippen molar-refractivity contribution >= 4 is 60.8 Å². The third-order valence-electron chi connectivity index (χ3n) is 10.9. The summed E-state index contributed by atoms with van der Waals surface area (Å²) in [5.74, 6) is 0. The Kier molecular flexibility index (Phi) is 12.1. The molecule has 7 aromatic carbocycles. The molecule has 0 N–H and O–H groups in total. The summed E-state index contributed by atoms with van der Waals surface area (Å²) in [5.41, 5.74) is 10.6. The van der Waals surface area contributed by atoms with Crippen LogP contribution in [-0.4, -0.2) is 0 Å². The van der Waals surface area contributed by atoms with E-state index in [0.717, 1.165) is 52.2 Å². The number of hydrogen-bond donors (Lipinski definition) is 0. The normalized spacial score (nSPS) is 12.7. The lowest BCUT2D eigenvalue weighted by Gasteiger charge is -2.32. The van der Waals surface area contributed by atoms with E-state index in [1.165, 1.54) is 43.8 Å². The predicted octanol–water partition coefficient (Wildman–Crippen LogP) is 15.8. The minimum Gasteiger partial charge on any atom is -0.314 e. The van der Waals surface area contributed by atoms with E-state index in [1.807, 2.05) is 58.0 Å². The average Bonchev–Trinajstić information content (AvgIpc) is 3.25. The molecule has 1 aliphatic carbocycles. The highest BCUT2D eigenvalue weighted by Gasteiger charge is 2.24. The molecule has 7 aromatic rings. The van der Waals surface area contributed by atoms with Gasteiger partial charge in [0.1, 0.15) is 0 Å². The molecule has 0 radical (unpaired) electrons. The van der Waals surface area contributed by atoms with Crippen molar-refractivity contribution in [2.24, 2.45) is 0 Å². The second kappa shape index (κ2) is 17.0. The maximum atomic E-state index is 9.65. The fraction of sp³-hybridized carbons (Fsp3) is 0.259. The Bertz CT molecular complexity index is 2670. The summed E-state index contributed by atoms with van der Waals surface area (Å²) in [6.45, 7) is 21.5. The molecule has 0 spiro atoms. The van der Waals surface area contributed by atoms with E-state index in [2.05, 4.69) is 167 Å². The number of hydrogen-bond acceptors (Lipinski definition) is 4. The summed E-state index contributed by atoms with van der Waals surface area (Å²) in [6, 6.07) is 48.4. The van der Waals surface area contributed by atoms with Gasteiger partial charge in [-0.05, 0) is 129 Å². The topological polar surface area (TPSA) is 54.1 Å². The minimum absolute atomic E-state index is 0.0347. The highest BCUT2D eigenvalue weighted by molar-refractivity contribution is 6.28. The van der Waals surface area contributed by atoms with E-state index >= 15 is 0 Å². The van der Waals surface area contributed by atoms with Gasteiger partial charge < -0.3 is 9.80 Å². The summed E-state index contributed by atoms with van der Waals surface area (Å²) < 4.78 is 0. The van der Waals surface area contributed by atoms with Gasteiger partial charge >= 0.3 is 0 Å². The van der Waals surface area contributed by atoms with Crippen LogP contribution in [0.1, 0.15) is 98.8 Å². The molecule has 0 saturated carbocycles. The van der Waals surface area contributed by atoms with Crippen LogP contribution < -0.4 is 9.80 Å². The maximum absolute atomic E-state index is 9.65. The average molecular weight is 761 g/mol. The molecule has 0 fully saturated rings. The first-order chi connectivity index (χ1) is 27.9. The Balaban J connectivity index is 0.00000138. The van der Waals surface area contributed by atoms with Crippen LogP contribution in [0.4, 0.5) is 28.4 Å². The second-order valence-corrected chi connectivity index (χ2v) is 16.5. The van der Waals surface area contributed by atoms with E-state index < -0.39 is 0 Å². The lowest BCUT2D eigenvalue weighted by Crippen LogP contribution is -2.19. The molecule has 0 bridgehead atoms. The molecule has 4 heteroatoms. The van der Waals surface area contributed by atoms with Crippen LogP contribution >= 0.6 is 0 Å². The molecule has 8 rings (SSSR count). The van der Waals surface area contributed by atoms with E-state index in [4.69, 9.17) is 0 Å². The highest BCUT2D eigenvalue weighted by Crippen LogP contribution is 2.47. The zero-order chi connectivity index (χ0) is 41.8. The van der Waals surface area contributed by atoms with Crippen molar-refractivity contribution in [3.05, 3.63) is 161 Å². The summed E-state index contributed by atoms with van der Waals surface area (Å²) in [5, 5.41) is 26.4. The van der Waals surface area contributed by atoms with Crippen LogP contribution in [0.25, 0.3) is 32.3 Å². The van der Waals surface area contributed by atoms with Crippen LogP contribution in [0.5, 0.6) is 0 Å². The van der Waals surface area contributed by atoms with E-state index in [1.54, 1.807) is 0 Å². The molecule has 0 heterocycles. The van der Waals surface area contributed by atoms with Crippen molar-refractivity contribution in [3.8, 4) is 12.1 Å². The zero-order valence-electron chi connectivity index (χ0n) is 35.9. The lowest BCUT2D eigenvalue weighted by atomic mass is 9.87. The van der Waals surface area contributed by atoms with Crippen LogP contribution in [0.3, 0.4) is 0 Å². The Hall–Kier alpha value is -6.36. The Morgan fingerprint density at radius 2 is 0.862 bits per heavy atom. The SMILES string of the molecule is CC.CC.CC(C)(C)c1ccc(N(C2=CC=C(C#N)CC2)c2ccc3ccc4c(N(c5ccc(C#N)cc5)c5ccc(C(C)(C)C)cc5)ccc5ccc2c3c54)cc1. The first kappa shape index (κ1) is 41.3. The third kappa shape index (κ3) is 7.94. The molecular formula is C54H56N4. The zero-order valence-corrected chi connectivity index (χ0v) is 35.9. The van der Waals surface area contributed by atoms with Gasteiger partial charge in [0.25, 0.3) is 0 Å². The Morgan fingerprint density at radius 1 is 0.448 bits per heavy atom. The molecule has 0 amide bonds. The molecule has 4 nitrogen and oxygen atoms in total.